The average molecular weight is 307 g/mol. The lowest BCUT2D eigenvalue weighted by molar-refractivity contribution is -0.137. The molecule has 1 saturated heterocycles. The van der Waals surface area contributed by atoms with E-state index in [1.54, 1.807) is 12.1 Å². The van der Waals surface area contributed by atoms with Crippen molar-refractivity contribution in [3.05, 3.63) is 35.6 Å². The number of hydrogen-bond donors (Lipinski definition) is 1. The summed E-state index contributed by atoms with van der Waals surface area (Å²) in [6.07, 6.45) is 2.13. The predicted octanol–water partition coefficient (Wildman–Crippen LogP) is 2.03. The first-order valence-corrected chi connectivity index (χ1v) is 8.08. The molecular formula is C17H26FN3O. The van der Waals surface area contributed by atoms with Gasteiger partial charge in [-0.05, 0) is 37.7 Å². The third kappa shape index (κ3) is 4.27. The molecule has 0 spiro atoms. The number of likely N-dealkylation sites (N-methyl/N-ethyl adjacent to an activating group) is 1. The summed E-state index contributed by atoms with van der Waals surface area (Å²) in [6.45, 7) is 6.13. The fraction of sp³-hybridized carbons (Fsp3) is 0.588. The lowest BCUT2D eigenvalue weighted by atomic mass is 10.0. The van der Waals surface area contributed by atoms with Gasteiger partial charge in [0.1, 0.15) is 11.9 Å². The van der Waals surface area contributed by atoms with Crippen molar-refractivity contribution in [1.82, 2.24) is 15.1 Å². The standard InChI is InChI=1S/C17H26FN3O/c1-3-4-11-20(2)16(14-5-7-15(18)8-6-14)17(22)21-12-9-19-10-13-21/h5-8,16,19H,3-4,9-13H2,1-2H3. The molecule has 0 radical (unpaired) electrons. The third-order valence-electron chi connectivity index (χ3n) is 4.15. The van der Waals surface area contributed by atoms with E-state index in [-0.39, 0.29) is 17.8 Å². The Morgan fingerprint density at radius 3 is 2.55 bits per heavy atom. The van der Waals surface area contributed by atoms with Crippen molar-refractivity contribution in [2.45, 2.75) is 25.8 Å². The first kappa shape index (κ1) is 16.9. The monoisotopic (exact) mass is 307 g/mol. The summed E-state index contributed by atoms with van der Waals surface area (Å²) in [5.74, 6) is -0.153. The second-order valence-electron chi connectivity index (χ2n) is 5.86. The molecule has 2 rings (SSSR count). The van der Waals surface area contributed by atoms with Crippen molar-refractivity contribution in [3.63, 3.8) is 0 Å². The van der Waals surface area contributed by atoms with Crippen LogP contribution in [0, 0.1) is 5.82 Å². The molecule has 122 valence electrons. The van der Waals surface area contributed by atoms with Crippen molar-refractivity contribution in [2.24, 2.45) is 0 Å². The molecule has 0 aliphatic carbocycles. The number of piperazine rings is 1. The Hall–Kier alpha value is -1.46. The van der Waals surface area contributed by atoms with E-state index >= 15 is 0 Å². The highest BCUT2D eigenvalue weighted by atomic mass is 19.1. The van der Waals surface area contributed by atoms with Gasteiger partial charge in [-0.25, -0.2) is 4.39 Å². The lowest BCUT2D eigenvalue weighted by Gasteiger charge is -2.35. The van der Waals surface area contributed by atoms with E-state index < -0.39 is 0 Å². The molecule has 1 unspecified atom stereocenters. The van der Waals surface area contributed by atoms with Gasteiger partial charge < -0.3 is 10.2 Å². The van der Waals surface area contributed by atoms with Crippen molar-refractivity contribution in [1.29, 1.82) is 0 Å². The van der Waals surface area contributed by atoms with Gasteiger partial charge in [-0.3, -0.25) is 9.69 Å². The third-order valence-corrected chi connectivity index (χ3v) is 4.15. The van der Waals surface area contributed by atoms with Gasteiger partial charge in [0.2, 0.25) is 5.91 Å². The molecule has 0 bridgehead atoms. The van der Waals surface area contributed by atoms with Crippen LogP contribution in [0.4, 0.5) is 4.39 Å². The summed E-state index contributed by atoms with van der Waals surface area (Å²) < 4.78 is 13.2. The predicted molar refractivity (Wildman–Crippen MR) is 86.1 cm³/mol. The first-order valence-electron chi connectivity index (χ1n) is 8.08. The fourth-order valence-corrected chi connectivity index (χ4v) is 2.83. The molecule has 1 aliphatic rings. The zero-order valence-corrected chi connectivity index (χ0v) is 13.5. The van der Waals surface area contributed by atoms with E-state index in [9.17, 15) is 9.18 Å². The summed E-state index contributed by atoms with van der Waals surface area (Å²) in [7, 11) is 1.98. The summed E-state index contributed by atoms with van der Waals surface area (Å²) in [5.41, 5.74) is 0.864. The van der Waals surface area contributed by atoms with Crippen LogP contribution in [0.3, 0.4) is 0 Å². The molecule has 0 saturated carbocycles. The van der Waals surface area contributed by atoms with Crippen LogP contribution in [-0.4, -0.2) is 55.5 Å². The molecule has 1 aliphatic heterocycles. The Kier molecular flexibility index (Phi) is 6.34. The highest BCUT2D eigenvalue weighted by Crippen LogP contribution is 2.23. The molecule has 1 fully saturated rings. The average Bonchev–Trinajstić information content (AvgIpc) is 2.55. The summed E-state index contributed by atoms with van der Waals surface area (Å²) in [5, 5.41) is 3.26. The van der Waals surface area contributed by atoms with E-state index in [4.69, 9.17) is 0 Å². The van der Waals surface area contributed by atoms with Crippen LogP contribution >= 0.6 is 0 Å². The molecule has 22 heavy (non-hydrogen) atoms. The molecule has 1 aromatic carbocycles. The molecular weight excluding hydrogens is 281 g/mol. The number of halogens is 1. The molecule has 1 amide bonds. The number of hydrogen-bond acceptors (Lipinski definition) is 3. The number of amides is 1. The number of rotatable bonds is 6. The van der Waals surface area contributed by atoms with Crippen molar-refractivity contribution in [2.75, 3.05) is 39.8 Å². The molecule has 1 heterocycles. The highest BCUT2D eigenvalue weighted by molar-refractivity contribution is 5.83. The maximum Gasteiger partial charge on any atom is 0.244 e. The number of unbranched alkanes of at least 4 members (excludes halogenated alkanes) is 1. The largest absolute Gasteiger partial charge is 0.338 e. The second-order valence-corrected chi connectivity index (χ2v) is 5.86. The van der Waals surface area contributed by atoms with Gasteiger partial charge in [0.15, 0.2) is 0 Å². The van der Waals surface area contributed by atoms with Crippen LogP contribution in [0.5, 0.6) is 0 Å². The van der Waals surface area contributed by atoms with Gasteiger partial charge in [-0.1, -0.05) is 25.5 Å². The highest BCUT2D eigenvalue weighted by Gasteiger charge is 2.29. The number of carbonyl (C=O) groups is 1. The summed E-state index contributed by atoms with van der Waals surface area (Å²) in [6, 6.07) is 5.98. The lowest BCUT2D eigenvalue weighted by Crippen LogP contribution is -2.50. The zero-order chi connectivity index (χ0) is 15.9. The molecule has 1 aromatic rings. The van der Waals surface area contributed by atoms with Crippen LogP contribution in [-0.2, 0) is 4.79 Å². The minimum Gasteiger partial charge on any atom is -0.338 e. The van der Waals surface area contributed by atoms with Crippen LogP contribution in [0.25, 0.3) is 0 Å². The number of benzene rings is 1. The van der Waals surface area contributed by atoms with Gasteiger partial charge in [0.25, 0.3) is 0 Å². The minimum absolute atomic E-state index is 0.117. The maximum absolute atomic E-state index is 13.2. The van der Waals surface area contributed by atoms with Gasteiger partial charge in [0, 0.05) is 26.2 Å². The van der Waals surface area contributed by atoms with Crippen molar-refractivity contribution < 1.29 is 9.18 Å². The molecule has 1 atom stereocenters. The Bertz CT molecular complexity index is 471. The van der Waals surface area contributed by atoms with Gasteiger partial charge in [-0.15, -0.1) is 0 Å². The molecule has 4 nitrogen and oxygen atoms in total. The van der Waals surface area contributed by atoms with Crippen LogP contribution in [0.15, 0.2) is 24.3 Å². The molecule has 0 aromatic heterocycles. The van der Waals surface area contributed by atoms with Gasteiger partial charge in [0.05, 0.1) is 0 Å². The SMILES string of the molecule is CCCCN(C)C(C(=O)N1CCNCC1)c1ccc(F)cc1. The van der Waals surface area contributed by atoms with Crippen molar-refractivity contribution >= 4 is 5.91 Å². The minimum atomic E-state index is -0.328. The van der Waals surface area contributed by atoms with Crippen LogP contribution in [0.1, 0.15) is 31.4 Å². The quantitative estimate of drug-likeness (QED) is 0.873. The zero-order valence-electron chi connectivity index (χ0n) is 13.5. The molecule has 5 heteroatoms. The second kappa shape index (κ2) is 8.25. The smallest absolute Gasteiger partial charge is 0.244 e. The summed E-state index contributed by atoms with van der Waals surface area (Å²) in [4.78, 5) is 16.9. The van der Waals surface area contributed by atoms with E-state index in [1.807, 2.05) is 11.9 Å². The molecule has 1 N–H and O–H groups in total. The number of carbonyl (C=O) groups excluding carboxylic acids is 1. The summed E-state index contributed by atoms with van der Waals surface area (Å²) >= 11 is 0. The van der Waals surface area contributed by atoms with E-state index in [0.717, 1.165) is 51.1 Å². The Labute approximate surface area is 132 Å². The van der Waals surface area contributed by atoms with Gasteiger partial charge >= 0.3 is 0 Å². The Morgan fingerprint density at radius 2 is 1.95 bits per heavy atom. The van der Waals surface area contributed by atoms with E-state index in [0.29, 0.717) is 0 Å². The topological polar surface area (TPSA) is 35.6 Å². The fourth-order valence-electron chi connectivity index (χ4n) is 2.83. The Morgan fingerprint density at radius 1 is 1.32 bits per heavy atom. The first-order chi connectivity index (χ1) is 10.6. The van der Waals surface area contributed by atoms with Crippen LogP contribution in [0.2, 0.25) is 0 Å². The van der Waals surface area contributed by atoms with Crippen molar-refractivity contribution in [3.8, 4) is 0 Å². The Balaban J connectivity index is 2.19. The van der Waals surface area contributed by atoms with E-state index in [2.05, 4.69) is 17.1 Å². The number of nitrogens with one attached hydrogen (secondary N) is 1. The van der Waals surface area contributed by atoms with Crippen LogP contribution < -0.4 is 5.32 Å². The normalized spacial score (nSPS) is 16.8. The number of nitrogens with zero attached hydrogens (tertiary/aromatic N) is 2. The van der Waals surface area contributed by atoms with Gasteiger partial charge in [-0.2, -0.15) is 0 Å². The van der Waals surface area contributed by atoms with E-state index in [1.165, 1.54) is 12.1 Å². The maximum atomic E-state index is 13.2.